The maximum Gasteiger partial charge on any atom is 0.169 e. The van der Waals surface area contributed by atoms with Crippen molar-refractivity contribution in [1.29, 1.82) is 0 Å². The molecule has 0 heterocycles. The van der Waals surface area contributed by atoms with Crippen molar-refractivity contribution in [2.24, 2.45) is 11.7 Å². The summed E-state index contributed by atoms with van der Waals surface area (Å²) in [4.78, 5) is 12.5. The van der Waals surface area contributed by atoms with Crippen LogP contribution < -0.4 is 10.5 Å². The van der Waals surface area contributed by atoms with Crippen LogP contribution in [0.15, 0.2) is 18.2 Å². The number of carbonyl (C=O) groups excluding carboxylic acids is 1. The highest BCUT2D eigenvalue weighted by Crippen LogP contribution is 2.30. The highest BCUT2D eigenvalue weighted by molar-refractivity contribution is 6.00. The average Bonchev–Trinajstić information content (AvgIpc) is 2.38. The summed E-state index contributed by atoms with van der Waals surface area (Å²) in [7, 11) is 1.61. The molecule has 0 aromatic heterocycles. The van der Waals surface area contributed by atoms with Crippen LogP contribution in [0.1, 0.15) is 41.6 Å². The Labute approximate surface area is 108 Å². The molecule has 98 valence electrons. The van der Waals surface area contributed by atoms with Crippen LogP contribution in [0.4, 0.5) is 0 Å². The van der Waals surface area contributed by atoms with E-state index in [0.717, 1.165) is 31.2 Å². The van der Waals surface area contributed by atoms with Crippen molar-refractivity contribution in [3.63, 3.8) is 0 Å². The van der Waals surface area contributed by atoms with E-state index in [1.165, 1.54) is 0 Å². The van der Waals surface area contributed by atoms with Gasteiger partial charge in [-0.3, -0.25) is 4.79 Å². The second-order valence-corrected chi connectivity index (χ2v) is 5.19. The van der Waals surface area contributed by atoms with Crippen LogP contribution in [0, 0.1) is 12.8 Å². The number of methoxy groups -OCH3 is 1. The van der Waals surface area contributed by atoms with Crippen molar-refractivity contribution in [3.05, 3.63) is 29.3 Å². The normalized spacial score (nSPS) is 23.7. The Morgan fingerprint density at radius 2 is 2.17 bits per heavy atom. The molecule has 1 aliphatic rings. The molecule has 0 saturated heterocycles. The van der Waals surface area contributed by atoms with E-state index in [9.17, 15) is 4.79 Å². The van der Waals surface area contributed by atoms with E-state index in [2.05, 4.69) is 0 Å². The quantitative estimate of drug-likeness (QED) is 0.835. The molecule has 0 radical (unpaired) electrons. The van der Waals surface area contributed by atoms with Gasteiger partial charge < -0.3 is 10.5 Å². The predicted molar refractivity (Wildman–Crippen MR) is 72.0 cm³/mol. The summed E-state index contributed by atoms with van der Waals surface area (Å²) in [6.45, 7) is 1.99. The summed E-state index contributed by atoms with van der Waals surface area (Å²) in [5.41, 5.74) is 7.75. The van der Waals surface area contributed by atoms with Crippen molar-refractivity contribution in [2.45, 2.75) is 38.6 Å². The molecule has 2 atom stereocenters. The Morgan fingerprint density at radius 1 is 1.39 bits per heavy atom. The number of ether oxygens (including phenoxy) is 1. The van der Waals surface area contributed by atoms with E-state index in [-0.39, 0.29) is 17.7 Å². The zero-order valence-electron chi connectivity index (χ0n) is 11.1. The standard InChI is InChI=1S/C15H21NO2/c1-10-6-7-14(18-2)13(8-10)15(17)11-4-3-5-12(16)9-11/h6-8,11-12H,3-5,9,16H2,1-2H3. The van der Waals surface area contributed by atoms with Crippen LogP contribution in [0.5, 0.6) is 5.75 Å². The molecule has 1 fully saturated rings. The predicted octanol–water partition coefficient (Wildman–Crippen LogP) is 2.70. The number of carbonyl (C=O) groups is 1. The summed E-state index contributed by atoms with van der Waals surface area (Å²) in [6.07, 6.45) is 3.83. The Balaban J connectivity index is 2.24. The molecular weight excluding hydrogens is 226 g/mol. The number of rotatable bonds is 3. The van der Waals surface area contributed by atoms with E-state index in [1.807, 2.05) is 25.1 Å². The van der Waals surface area contributed by atoms with Crippen molar-refractivity contribution < 1.29 is 9.53 Å². The first-order chi connectivity index (χ1) is 8.61. The molecule has 0 spiro atoms. The van der Waals surface area contributed by atoms with Gasteiger partial charge >= 0.3 is 0 Å². The van der Waals surface area contributed by atoms with Gasteiger partial charge in [0.2, 0.25) is 0 Å². The first-order valence-corrected chi connectivity index (χ1v) is 6.56. The lowest BCUT2D eigenvalue weighted by molar-refractivity contribution is 0.0878. The molecule has 2 unspecified atom stereocenters. The number of ketones is 1. The zero-order valence-corrected chi connectivity index (χ0v) is 11.1. The molecule has 0 amide bonds. The van der Waals surface area contributed by atoms with Gasteiger partial charge in [0.1, 0.15) is 5.75 Å². The number of hydrogen-bond acceptors (Lipinski definition) is 3. The Hall–Kier alpha value is -1.35. The zero-order chi connectivity index (χ0) is 13.1. The van der Waals surface area contributed by atoms with Gasteiger partial charge in [-0.1, -0.05) is 18.1 Å². The third-order valence-electron chi connectivity index (χ3n) is 3.71. The maximum absolute atomic E-state index is 12.5. The molecule has 2 N–H and O–H groups in total. The first kappa shape index (κ1) is 13.1. The van der Waals surface area contributed by atoms with Crippen LogP contribution >= 0.6 is 0 Å². The molecule has 18 heavy (non-hydrogen) atoms. The monoisotopic (exact) mass is 247 g/mol. The molecule has 1 aromatic carbocycles. The molecule has 2 rings (SSSR count). The van der Waals surface area contributed by atoms with Gasteiger partial charge in [-0.15, -0.1) is 0 Å². The van der Waals surface area contributed by atoms with E-state index in [4.69, 9.17) is 10.5 Å². The van der Waals surface area contributed by atoms with Gasteiger partial charge in [0.15, 0.2) is 5.78 Å². The lowest BCUT2D eigenvalue weighted by atomic mass is 9.81. The number of Topliss-reactive ketones (excluding diaryl/α,β-unsaturated/α-hetero) is 1. The fourth-order valence-corrected chi connectivity index (χ4v) is 2.70. The van der Waals surface area contributed by atoms with Crippen LogP contribution in [0.3, 0.4) is 0 Å². The fourth-order valence-electron chi connectivity index (χ4n) is 2.70. The van der Waals surface area contributed by atoms with Crippen LogP contribution in [0.2, 0.25) is 0 Å². The minimum atomic E-state index is 0.0597. The molecule has 1 saturated carbocycles. The lowest BCUT2D eigenvalue weighted by Crippen LogP contribution is -2.31. The fraction of sp³-hybridized carbons (Fsp3) is 0.533. The molecule has 1 aliphatic carbocycles. The number of nitrogens with two attached hydrogens (primary N) is 1. The molecular formula is C15H21NO2. The van der Waals surface area contributed by atoms with Crippen molar-refractivity contribution in [1.82, 2.24) is 0 Å². The summed E-state index contributed by atoms with van der Waals surface area (Å²) in [5, 5.41) is 0. The molecule has 0 bridgehead atoms. The molecule has 0 aliphatic heterocycles. The third-order valence-corrected chi connectivity index (χ3v) is 3.71. The highest BCUT2D eigenvalue weighted by atomic mass is 16.5. The van der Waals surface area contributed by atoms with Gasteiger partial charge in [0.25, 0.3) is 0 Å². The van der Waals surface area contributed by atoms with Gasteiger partial charge in [0.05, 0.1) is 12.7 Å². The summed E-state index contributed by atoms with van der Waals surface area (Å²) in [5.74, 6) is 0.917. The van der Waals surface area contributed by atoms with Crippen molar-refractivity contribution >= 4 is 5.78 Å². The minimum absolute atomic E-state index is 0.0597. The van der Waals surface area contributed by atoms with Gasteiger partial charge in [-0.05, 0) is 38.3 Å². The summed E-state index contributed by atoms with van der Waals surface area (Å²) >= 11 is 0. The van der Waals surface area contributed by atoms with E-state index in [0.29, 0.717) is 11.3 Å². The maximum atomic E-state index is 12.5. The summed E-state index contributed by atoms with van der Waals surface area (Å²) in [6, 6.07) is 5.91. The Bertz CT molecular complexity index is 442. The lowest BCUT2D eigenvalue weighted by Gasteiger charge is -2.26. The largest absolute Gasteiger partial charge is 0.496 e. The number of aryl methyl sites for hydroxylation is 1. The van der Waals surface area contributed by atoms with Gasteiger partial charge in [-0.25, -0.2) is 0 Å². The summed E-state index contributed by atoms with van der Waals surface area (Å²) < 4.78 is 5.29. The van der Waals surface area contributed by atoms with E-state index >= 15 is 0 Å². The third kappa shape index (κ3) is 2.72. The number of benzene rings is 1. The second-order valence-electron chi connectivity index (χ2n) is 5.19. The van der Waals surface area contributed by atoms with Crippen molar-refractivity contribution in [2.75, 3.05) is 7.11 Å². The minimum Gasteiger partial charge on any atom is -0.496 e. The first-order valence-electron chi connectivity index (χ1n) is 6.56. The topological polar surface area (TPSA) is 52.3 Å². The molecule has 3 nitrogen and oxygen atoms in total. The van der Waals surface area contributed by atoms with E-state index < -0.39 is 0 Å². The average molecular weight is 247 g/mol. The SMILES string of the molecule is COc1ccc(C)cc1C(=O)C1CCCC(N)C1. The second kappa shape index (κ2) is 5.53. The van der Waals surface area contributed by atoms with Gasteiger partial charge in [0, 0.05) is 12.0 Å². The number of hydrogen-bond donors (Lipinski definition) is 1. The Morgan fingerprint density at radius 3 is 2.83 bits per heavy atom. The van der Waals surface area contributed by atoms with Crippen molar-refractivity contribution in [3.8, 4) is 5.75 Å². The van der Waals surface area contributed by atoms with Crippen LogP contribution in [0.25, 0.3) is 0 Å². The van der Waals surface area contributed by atoms with Gasteiger partial charge in [-0.2, -0.15) is 0 Å². The molecule has 3 heteroatoms. The highest BCUT2D eigenvalue weighted by Gasteiger charge is 2.27. The van der Waals surface area contributed by atoms with Crippen LogP contribution in [-0.2, 0) is 0 Å². The molecule has 1 aromatic rings. The van der Waals surface area contributed by atoms with E-state index in [1.54, 1.807) is 7.11 Å². The smallest absolute Gasteiger partial charge is 0.169 e. The van der Waals surface area contributed by atoms with Crippen LogP contribution in [-0.4, -0.2) is 18.9 Å². The Kier molecular flexibility index (Phi) is 4.02.